The van der Waals surface area contributed by atoms with Crippen LogP contribution < -0.4 is 9.64 Å². The normalized spacial score (nSPS) is 16.7. The smallest absolute Gasteiger partial charge is 0.387 e. The fourth-order valence-corrected chi connectivity index (χ4v) is 2.38. The number of ether oxygens (including phenoxy) is 1. The maximum absolute atomic E-state index is 12.0. The molecule has 1 saturated heterocycles. The van der Waals surface area contributed by atoms with Gasteiger partial charge in [0.1, 0.15) is 11.5 Å². The van der Waals surface area contributed by atoms with E-state index >= 15 is 0 Å². The number of hydrogen-bond acceptors (Lipinski definition) is 3. The first-order chi connectivity index (χ1) is 9.06. The monoisotopic (exact) mass is 269 g/mol. The number of ketones is 1. The van der Waals surface area contributed by atoms with Gasteiger partial charge in [-0.2, -0.15) is 8.78 Å². The van der Waals surface area contributed by atoms with Crippen molar-refractivity contribution in [3.63, 3.8) is 0 Å². The Kier molecular flexibility index (Phi) is 4.35. The molecule has 1 heterocycles. The Morgan fingerprint density at radius 3 is 2.32 bits per heavy atom. The molecule has 0 radical (unpaired) electrons. The number of alkyl halides is 2. The SMILES string of the molecule is CC(=O)C1CCN(c2ccc(OC(F)F)cc2)CC1. The van der Waals surface area contributed by atoms with Gasteiger partial charge in [0, 0.05) is 24.7 Å². The summed E-state index contributed by atoms with van der Waals surface area (Å²) in [6.07, 6.45) is 1.70. The van der Waals surface area contributed by atoms with Crippen LogP contribution in [0.5, 0.6) is 5.75 Å². The first-order valence-corrected chi connectivity index (χ1v) is 6.36. The molecule has 1 aromatic carbocycles. The Morgan fingerprint density at radius 1 is 1.26 bits per heavy atom. The second kappa shape index (κ2) is 5.99. The third-order valence-corrected chi connectivity index (χ3v) is 3.50. The molecule has 5 heteroatoms. The topological polar surface area (TPSA) is 29.5 Å². The number of nitrogens with zero attached hydrogens (tertiary/aromatic N) is 1. The Bertz CT molecular complexity index is 426. The molecule has 3 nitrogen and oxygen atoms in total. The number of benzene rings is 1. The zero-order valence-electron chi connectivity index (χ0n) is 10.8. The Balaban J connectivity index is 1.94. The molecule has 0 spiro atoms. The maximum Gasteiger partial charge on any atom is 0.387 e. The number of carbonyl (C=O) groups excluding carboxylic acids is 1. The van der Waals surface area contributed by atoms with Crippen LogP contribution in [0, 0.1) is 5.92 Å². The van der Waals surface area contributed by atoms with Gasteiger partial charge in [-0.1, -0.05) is 0 Å². The van der Waals surface area contributed by atoms with E-state index in [4.69, 9.17) is 0 Å². The van der Waals surface area contributed by atoms with Gasteiger partial charge in [-0.15, -0.1) is 0 Å². The molecular formula is C14H17F2NO2. The van der Waals surface area contributed by atoms with E-state index in [2.05, 4.69) is 9.64 Å². The average molecular weight is 269 g/mol. The Morgan fingerprint density at radius 2 is 1.84 bits per heavy atom. The van der Waals surface area contributed by atoms with E-state index in [1.54, 1.807) is 31.2 Å². The van der Waals surface area contributed by atoms with E-state index < -0.39 is 6.61 Å². The van der Waals surface area contributed by atoms with E-state index in [1.807, 2.05) is 0 Å². The minimum absolute atomic E-state index is 0.164. The lowest BCUT2D eigenvalue weighted by Crippen LogP contribution is -2.35. The third-order valence-electron chi connectivity index (χ3n) is 3.50. The molecule has 0 amide bonds. The number of rotatable bonds is 4. The van der Waals surface area contributed by atoms with Crippen molar-refractivity contribution in [3.8, 4) is 5.75 Å². The first-order valence-electron chi connectivity index (χ1n) is 6.36. The van der Waals surface area contributed by atoms with Gasteiger partial charge in [0.2, 0.25) is 0 Å². The quantitative estimate of drug-likeness (QED) is 0.841. The number of piperidine rings is 1. The lowest BCUT2D eigenvalue weighted by Gasteiger charge is -2.32. The molecule has 0 aromatic heterocycles. The molecule has 1 fully saturated rings. The Hall–Kier alpha value is -1.65. The van der Waals surface area contributed by atoms with Crippen molar-refractivity contribution in [2.45, 2.75) is 26.4 Å². The van der Waals surface area contributed by atoms with E-state index in [0.717, 1.165) is 31.6 Å². The van der Waals surface area contributed by atoms with E-state index in [1.165, 1.54) is 0 Å². The van der Waals surface area contributed by atoms with E-state index in [0.29, 0.717) is 0 Å². The highest BCUT2D eigenvalue weighted by molar-refractivity contribution is 5.78. The Labute approximate surface area is 111 Å². The van der Waals surface area contributed by atoms with Gasteiger partial charge < -0.3 is 9.64 Å². The van der Waals surface area contributed by atoms with Crippen molar-refractivity contribution in [2.75, 3.05) is 18.0 Å². The molecule has 1 aromatic rings. The largest absolute Gasteiger partial charge is 0.435 e. The highest BCUT2D eigenvalue weighted by atomic mass is 19.3. The number of carbonyl (C=O) groups is 1. The van der Waals surface area contributed by atoms with Crippen molar-refractivity contribution in [3.05, 3.63) is 24.3 Å². The molecule has 1 aliphatic heterocycles. The zero-order chi connectivity index (χ0) is 13.8. The van der Waals surface area contributed by atoms with Crippen LogP contribution >= 0.6 is 0 Å². The molecule has 0 unspecified atom stereocenters. The number of halogens is 2. The number of hydrogen-bond donors (Lipinski definition) is 0. The highest BCUT2D eigenvalue weighted by Gasteiger charge is 2.22. The predicted molar refractivity (Wildman–Crippen MR) is 68.7 cm³/mol. The molecule has 104 valence electrons. The number of anilines is 1. The van der Waals surface area contributed by atoms with Gasteiger partial charge in [-0.25, -0.2) is 0 Å². The standard InChI is InChI=1S/C14H17F2NO2/c1-10(18)11-6-8-17(9-7-11)12-2-4-13(5-3-12)19-14(15)16/h2-5,11,14H,6-9H2,1H3. The summed E-state index contributed by atoms with van der Waals surface area (Å²) in [5.74, 6) is 0.579. The molecule has 0 aliphatic carbocycles. The van der Waals surface area contributed by atoms with Crippen LogP contribution in [0.4, 0.5) is 14.5 Å². The van der Waals surface area contributed by atoms with Gasteiger partial charge in [-0.05, 0) is 44.0 Å². The summed E-state index contributed by atoms with van der Waals surface area (Å²) in [4.78, 5) is 13.4. The summed E-state index contributed by atoms with van der Waals surface area (Å²) >= 11 is 0. The highest BCUT2D eigenvalue weighted by Crippen LogP contribution is 2.26. The van der Waals surface area contributed by atoms with Crippen LogP contribution in [0.2, 0.25) is 0 Å². The predicted octanol–water partition coefficient (Wildman–Crippen LogP) is 3.09. The van der Waals surface area contributed by atoms with Gasteiger partial charge in [0.25, 0.3) is 0 Å². The zero-order valence-corrected chi connectivity index (χ0v) is 10.8. The van der Waals surface area contributed by atoms with Crippen molar-refractivity contribution < 1.29 is 18.3 Å². The van der Waals surface area contributed by atoms with Crippen LogP contribution in [-0.2, 0) is 4.79 Å². The van der Waals surface area contributed by atoms with E-state index in [9.17, 15) is 13.6 Å². The van der Waals surface area contributed by atoms with Crippen LogP contribution in [0.3, 0.4) is 0 Å². The molecule has 0 saturated carbocycles. The van der Waals surface area contributed by atoms with Crippen molar-refractivity contribution in [2.24, 2.45) is 5.92 Å². The van der Waals surface area contributed by atoms with Crippen LogP contribution in [0.15, 0.2) is 24.3 Å². The average Bonchev–Trinajstić information content (AvgIpc) is 2.39. The van der Waals surface area contributed by atoms with Gasteiger partial charge in [0.05, 0.1) is 0 Å². The second-order valence-corrected chi connectivity index (χ2v) is 4.74. The summed E-state index contributed by atoms with van der Waals surface area (Å²) in [5.41, 5.74) is 0.976. The van der Waals surface area contributed by atoms with Crippen molar-refractivity contribution in [1.29, 1.82) is 0 Å². The van der Waals surface area contributed by atoms with Crippen LogP contribution in [-0.4, -0.2) is 25.5 Å². The fourth-order valence-electron chi connectivity index (χ4n) is 2.38. The first kappa shape index (κ1) is 13.8. The summed E-state index contributed by atoms with van der Waals surface area (Å²) in [6.45, 7) is 0.479. The van der Waals surface area contributed by atoms with Crippen molar-refractivity contribution in [1.82, 2.24) is 0 Å². The second-order valence-electron chi connectivity index (χ2n) is 4.74. The van der Waals surface area contributed by atoms with Crippen LogP contribution in [0.25, 0.3) is 0 Å². The molecule has 19 heavy (non-hydrogen) atoms. The minimum atomic E-state index is -2.79. The fraction of sp³-hybridized carbons (Fsp3) is 0.500. The van der Waals surface area contributed by atoms with Crippen LogP contribution in [0.1, 0.15) is 19.8 Å². The minimum Gasteiger partial charge on any atom is -0.435 e. The van der Waals surface area contributed by atoms with Gasteiger partial charge >= 0.3 is 6.61 Å². The molecule has 0 atom stereocenters. The van der Waals surface area contributed by atoms with E-state index in [-0.39, 0.29) is 17.5 Å². The number of Topliss-reactive ketones (excluding diaryl/α,β-unsaturated/α-hetero) is 1. The summed E-state index contributed by atoms with van der Waals surface area (Å²) in [7, 11) is 0. The van der Waals surface area contributed by atoms with Gasteiger partial charge in [-0.3, -0.25) is 4.79 Å². The molecule has 2 rings (SSSR count). The van der Waals surface area contributed by atoms with Gasteiger partial charge in [0.15, 0.2) is 0 Å². The molecule has 0 N–H and O–H groups in total. The molecule has 1 aliphatic rings. The summed E-state index contributed by atoms with van der Waals surface area (Å²) < 4.78 is 28.4. The lowest BCUT2D eigenvalue weighted by molar-refractivity contribution is -0.121. The molecular weight excluding hydrogens is 252 g/mol. The van der Waals surface area contributed by atoms with Crippen molar-refractivity contribution >= 4 is 11.5 Å². The summed E-state index contributed by atoms with van der Waals surface area (Å²) in [6, 6.07) is 6.62. The summed E-state index contributed by atoms with van der Waals surface area (Å²) in [5, 5.41) is 0. The maximum atomic E-state index is 12.0. The third kappa shape index (κ3) is 3.66. The lowest BCUT2D eigenvalue weighted by atomic mass is 9.93. The molecule has 0 bridgehead atoms.